The third-order valence-electron chi connectivity index (χ3n) is 1.84. The summed E-state index contributed by atoms with van der Waals surface area (Å²) in [6.07, 6.45) is 0.298. The van der Waals surface area contributed by atoms with Crippen LogP contribution in [0.2, 0.25) is 0 Å². The molecule has 1 rings (SSSR count). The van der Waals surface area contributed by atoms with Crippen molar-refractivity contribution in [3.63, 3.8) is 0 Å². The average molecular weight is 174 g/mol. The van der Waals surface area contributed by atoms with Crippen molar-refractivity contribution in [3.05, 3.63) is 0 Å². The number of rotatable bonds is 1. The van der Waals surface area contributed by atoms with Crippen molar-refractivity contribution in [3.8, 4) is 0 Å². The van der Waals surface area contributed by atoms with Gasteiger partial charge in [0.2, 0.25) is 0 Å². The highest BCUT2D eigenvalue weighted by molar-refractivity contribution is 7.80. The Hall–Kier alpha value is -0.390. The fourth-order valence-corrected chi connectivity index (χ4v) is 1.36. The van der Waals surface area contributed by atoms with Crippen LogP contribution in [0.25, 0.3) is 0 Å². The molecule has 64 valence electrons. The zero-order chi connectivity index (χ0) is 8.43. The smallest absolute Gasteiger partial charge is 0.178 e. The highest BCUT2D eigenvalue weighted by Crippen LogP contribution is 2.05. The Kier molecular flexibility index (Phi) is 2.64. The lowest BCUT2D eigenvalue weighted by atomic mass is 10.4. The summed E-state index contributed by atoms with van der Waals surface area (Å²) in [4.78, 5) is 0. The molecule has 0 spiro atoms. The molecule has 1 aliphatic rings. The monoisotopic (exact) mass is 174 g/mol. The Morgan fingerprint density at radius 2 is 2.36 bits per heavy atom. The Morgan fingerprint density at radius 1 is 1.73 bits per heavy atom. The van der Waals surface area contributed by atoms with Crippen LogP contribution >= 0.6 is 12.2 Å². The molecule has 0 aliphatic carbocycles. The van der Waals surface area contributed by atoms with E-state index in [0.717, 1.165) is 6.54 Å². The molecule has 0 aromatic heterocycles. The average Bonchev–Trinajstić information content (AvgIpc) is 2.18. The third kappa shape index (κ3) is 2.02. The molecule has 5 heteroatoms. The zero-order valence-electron chi connectivity index (χ0n) is 6.79. The fourth-order valence-electron chi connectivity index (χ4n) is 1.25. The molecule has 0 aromatic rings. The van der Waals surface area contributed by atoms with Gasteiger partial charge in [0.05, 0.1) is 6.17 Å². The highest BCUT2D eigenvalue weighted by atomic mass is 32.1. The standard InChI is InChI=1S/C6H14N4S/c1-4-3-8-5(2)10(4)9-6(7)11/h4-5,8H,3H2,1-2H3,(H3,7,9,11). The van der Waals surface area contributed by atoms with Gasteiger partial charge >= 0.3 is 0 Å². The van der Waals surface area contributed by atoms with Crippen molar-refractivity contribution in [2.24, 2.45) is 5.73 Å². The summed E-state index contributed by atoms with van der Waals surface area (Å²) in [5.41, 5.74) is 8.27. The molecule has 1 fully saturated rings. The fraction of sp³-hybridized carbons (Fsp3) is 0.833. The van der Waals surface area contributed by atoms with E-state index in [1.165, 1.54) is 0 Å². The normalized spacial score (nSPS) is 32.2. The first kappa shape index (κ1) is 8.70. The number of hydrogen-bond acceptors (Lipinski definition) is 3. The lowest BCUT2D eigenvalue weighted by Crippen LogP contribution is -2.51. The maximum absolute atomic E-state index is 5.35. The number of nitrogens with zero attached hydrogens (tertiary/aromatic N) is 1. The second kappa shape index (κ2) is 3.34. The van der Waals surface area contributed by atoms with Crippen molar-refractivity contribution in [1.82, 2.24) is 15.8 Å². The van der Waals surface area contributed by atoms with Crippen molar-refractivity contribution in [2.45, 2.75) is 26.1 Å². The van der Waals surface area contributed by atoms with Crippen molar-refractivity contribution < 1.29 is 0 Å². The lowest BCUT2D eigenvalue weighted by Gasteiger charge is -2.25. The first-order valence-electron chi connectivity index (χ1n) is 3.69. The summed E-state index contributed by atoms with van der Waals surface area (Å²) < 4.78 is 0. The molecule has 1 saturated heterocycles. The van der Waals surface area contributed by atoms with Gasteiger partial charge in [-0.2, -0.15) is 0 Å². The van der Waals surface area contributed by atoms with Crippen LogP contribution in [0.4, 0.5) is 0 Å². The van der Waals surface area contributed by atoms with Crippen LogP contribution in [0.1, 0.15) is 13.8 Å². The molecular formula is C6H14N4S. The molecule has 2 unspecified atom stereocenters. The highest BCUT2D eigenvalue weighted by Gasteiger charge is 2.26. The maximum Gasteiger partial charge on any atom is 0.178 e. The molecule has 0 bridgehead atoms. The van der Waals surface area contributed by atoms with Gasteiger partial charge in [-0.3, -0.25) is 10.7 Å². The minimum atomic E-state index is 0.298. The summed E-state index contributed by atoms with van der Waals surface area (Å²) in [6, 6.07) is 0.437. The lowest BCUT2D eigenvalue weighted by molar-refractivity contribution is 0.173. The van der Waals surface area contributed by atoms with E-state index in [4.69, 9.17) is 18.0 Å². The number of nitrogens with two attached hydrogens (primary N) is 1. The van der Waals surface area contributed by atoms with Gasteiger partial charge in [0.25, 0.3) is 0 Å². The summed E-state index contributed by atoms with van der Waals surface area (Å²) in [5.74, 6) is 0. The Bertz CT molecular complexity index is 151. The first-order valence-corrected chi connectivity index (χ1v) is 4.10. The van der Waals surface area contributed by atoms with E-state index in [0.29, 0.717) is 17.3 Å². The van der Waals surface area contributed by atoms with Gasteiger partial charge in [0.1, 0.15) is 0 Å². The van der Waals surface area contributed by atoms with E-state index in [-0.39, 0.29) is 0 Å². The number of hydrazine groups is 1. The van der Waals surface area contributed by atoms with Crippen LogP contribution in [0.5, 0.6) is 0 Å². The van der Waals surface area contributed by atoms with E-state index in [2.05, 4.69) is 24.6 Å². The number of thiocarbonyl (C=S) groups is 1. The van der Waals surface area contributed by atoms with E-state index < -0.39 is 0 Å². The summed E-state index contributed by atoms with van der Waals surface area (Å²) >= 11 is 4.74. The second-order valence-electron chi connectivity index (χ2n) is 2.82. The van der Waals surface area contributed by atoms with E-state index >= 15 is 0 Å². The van der Waals surface area contributed by atoms with Gasteiger partial charge in [-0.25, -0.2) is 5.01 Å². The molecule has 0 aromatic carbocycles. The molecule has 0 amide bonds. The van der Waals surface area contributed by atoms with Crippen molar-refractivity contribution in [2.75, 3.05) is 6.54 Å². The Balaban J connectivity index is 2.47. The molecule has 1 aliphatic heterocycles. The Morgan fingerprint density at radius 3 is 2.73 bits per heavy atom. The van der Waals surface area contributed by atoms with Gasteiger partial charge in [0, 0.05) is 12.6 Å². The molecule has 4 N–H and O–H groups in total. The van der Waals surface area contributed by atoms with Gasteiger partial charge < -0.3 is 5.73 Å². The molecule has 4 nitrogen and oxygen atoms in total. The van der Waals surface area contributed by atoms with Crippen LogP contribution in [-0.4, -0.2) is 28.9 Å². The second-order valence-corrected chi connectivity index (χ2v) is 3.26. The van der Waals surface area contributed by atoms with Crippen LogP contribution in [-0.2, 0) is 0 Å². The molecule has 0 radical (unpaired) electrons. The van der Waals surface area contributed by atoms with Crippen LogP contribution in [0, 0.1) is 0 Å². The summed E-state index contributed by atoms with van der Waals surface area (Å²) in [5, 5.41) is 5.62. The predicted molar refractivity (Wildman–Crippen MR) is 48.7 cm³/mol. The molecule has 11 heavy (non-hydrogen) atoms. The maximum atomic E-state index is 5.35. The predicted octanol–water partition coefficient (Wildman–Crippen LogP) is -0.626. The van der Waals surface area contributed by atoms with Gasteiger partial charge in [0.15, 0.2) is 5.11 Å². The summed E-state index contributed by atoms with van der Waals surface area (Å²) in [6.45, 7) is 5.15. The topological polar surface area (TPSA) is 53.3 Å². The van der Waals surface area contributed by atoms with Gasteiger partial charge in [-0.1, -0.05) is 0 Å². The van der Waals surface area contributed by atoms with Gasteiger partial charge in [-0.15, -0.1) is 0 Å². The minimum Gasteiger partial charge on any atom is -0.375 e. The summed E-state index contributed by atoms with van der Waals surface area (Å²) in [7, 11) is 0. The van der Waals surface area contributed by atoms with Crippen LogP contribution in [0.3, 0.4) is 0 Å². The molecule has 0 saturated carbocycles. The van der Waals surface area contributed by atoms with E-state index in [1.807, 2.05) is 5.01 Å². The van der Waals surface area contributed by atoms with Crippen LogP contribution < -0.4 is 16.5 Å². The Labute approximate surface area is 72.1 Å². The zero-order valence-corrected chi connectivity index (χ0v) is 7.61. The van der Waals surface area contributed by atoms with Gasteiger partial charge in [-0.05, 0) is 26.1 Å². The SMILES string of the molecule is CC1CNC(C)N1NC(N)=S. The van der Waals surface area contributed by atoms with Crippen molar-refractivity contribution in [1.29, 1.82) is 0 Å². The number of nitrogens with one attached hydrogen (secondary N) is 2. The third-order valence-corrected chi connectivity index (χ3v) is 1.93. The molecular weight excluding hydrogens is 160 g/mol. The number of hydrogen-bond donors (Lipinski definition) is 3. The molecule has 1 heterocycles. The van der Waals surface area contributed by atoms with E-state index in [9.17, 15) is 0 Å². The minimum absolute atomic E-state index is 0.298. The largest absolute Gasteiger partial charge is 0.375 e. The first-order chi connectivity index (χ1) is 5.11. The van der Waals surface area contributed by atoms with Crippen LogP contribution in [0.15, 0.2) is 0 Å². The van der Waals surface area contributed by atoms with Crippen molar-refractivity contribution >= 4 is 17.3 Å². The van der Waals surface area contributed by atoms with E-state index in [1.54, 1.807) is 0 Å². The molecule has 2 atom stereocenters. The quantitative estimate of drug-likeness (QED) is 0.462.